The summed E-state index contributed by atoms with van der Waals surface area (Å²) in [6, 6.07) is 14.9. The van der Waals surface area contributed by atoms with E-state index in [1.165, 1.54) is 77.0 Å². The molecular formula is C28H41NO3. The Morgan fingerprint density at radius 1 is 0.688 bits per heavy atom. The highest BCUT2D eigenvalue weighted by Gasteiger charge is 2.16. The quantitative estimate of drug-likeness (QED) is 0.132. The maximum absolute atomic E-state index is 11.5. The Morgan fingerprint density at radius 3 is 1.75 bits per heavy atom. The molecule has 0 bridgehead atoms. The maximum Gasteiger partial charge on any atom is 0.311 e. The number of ether oxygens (including phenoxy) is 1. The summed E-state index contributed by atoms with van der Waals surface area (Å²) in [5.41, 5.74) is 1.84. The van der Waals surface area contributed by atoms with Gasteiger partial charge in [0.1, 0.15) is 0 Å². The van der Waals surface area contributed by atoms with Crippen LogP contribution in [-0.2, 0) is 0 Å². The molecule has 176 valence electrons. The van der Waals surface area contributed by atoms with Crippen LogP contribution in [0.5, 0.6) is 5.75 Å². The molecule has 0 amide bonds. The zero-order valence-corrected chi connectivity index (χ0v) is 19.9. The summed E-state index contributed by atoms with van der Waals surface area (Å²) in [4.78, 5) is 11.1. The minimum absolute atomic E-state index is 0.0386. The molecule has 4 heteroatoms. The fourth-order valence-corrected chi connectivity index (χ4v) is 4.07. The van der Waals surface area contributed by atoms with Crippen LogP contribution in [0.3, 0.4) is 0 Å². The van der Waals surface area contributed by atoms with Crippen molar-refractivity contribution in [3.63, 3.8) is 0 Å². The van der Waals surface area contributed by atoms with Gasteiger partial charge in [0.2, 0.25) is 0 Å². The Kier molecular flexibility index (Phi) is 13.2. The van der Waals surface area contributed by atoms with Crippen LogP contribution in [0.15, 0.2) is 48.5 Å². The van der Waals surface area contributed by atoms with Crippen molar-refractivity contribution in [3.8, 4) is 16.9 Å². The first-order valence-electron chi connectivity index (χ1n) is 12.7. The van der Waals surface area contributed by atoms with Gasteiger partial charge in [-0.1, -0.05) is 127 Å². The molecule has 32 heavy (non-hydrogen) atoms. The van der Waals surface area contributed by atoms with Crippen molar-refractivity contribution in [1.29, 1.82) is 0 Å². The van der Waals surface area contributed by atoms with Gasteiger partial charge in [0, 0.05) is 6.07 Å². The van der Waals surface area contributed by atoms with Gasteiger partial charge in [-0.25, -0.2) is 0 Å². The van der Waals surface area contributed by atoms with Crippen LogP contribution in [0.2, 0.25) is 0 Å². The molecule has 0 aromatic heterocycles. The number of nitrogens with zero attached hydrogens (tertiary/aromatic N) is 1. The van der Waals surface area contributed by atoms with E-state index in [9.17, 15) is 10.1 Å². The average Bonchev–Trinajstić information content (AvgIpc) is 2.82. The third kappa shape index (κ3) is 10.3. The van der Waals surface area contributed by atoms with E-state index in [1.807, 2.05) is 36.4 Å². The second-order valence-electron chi connectivity index (χ2n) is 8.75. The summed E-state index contributed by atoms with van der Waals surface area (Å²) in [5, 5.41) is 11.5. The van der Waals surface area contributed by atoms with Gasteiger partial charge in [-0.15, -0.1) is 0 Å². The van der Waals surface area contributed by atoms with E-state index >= 15 is 0 Å². The first-order valence-corrected chi connectivity index (χ1v) is 12.7. The lowest BCUT2D eigenvalue weighted by molar-refractivity contribution is -0.385. The van der Waals surface area contributed by atoms with Crippen LogP contribution in [-0.4, -0.2) is 11.5 Å². The Morgan fingerprint density at radius 2 is 1.22 bits per heavy atom. The van der Waals surface area contributed by atoms with Crippen LogP contribution in [0.25, 0.3) is 11.1 Å². The van der Waals surface area contributed by atoms with Crippen molar-refractivity contribution in [2.24, 2.45) is 0 Å². The standard InChI is InChI=1S/C28H41NO3/c1-2-3-4-5-6-7-8-9-10-11-12-13-14-18-23-32-28-22-21-26(24-27(28)29(30)31)25-19-16-15-17-20-25/h15-17,19-22,24H,2-14,18,23H2,1H3. The Labute approximate surface area is 194 Å². The zero-order valence-electron chi connectivity index (χ0n) is 19.9. The minimum Gasteiger partial charge on any atom is -0.487 e. The van der Waals surface area contributed by atoms with Crippen molar-refractivity contribution in [1.82, 2.24) is 0 Å². The number of hydrogen-bond donors (Lipinski definition) is 0. The zero-order chi connectivity index (χ0) is 22.9. The molecule has 0 radical (unpaired) electrons. The molecule has 2 aromatic rings. The molecule has 0 aliphatic rings. The molecule has 4 nitrogen and oxygen atoms in total. The number of unbranched alkanes of at least 4 members (excludes halogenated alkanes) is 13. The van der Waals surface area contributed by atoms with E-state index in [0.717, 1.165) is 24.0 Å². The number of nitro benzene ring substituents is 1. The van der Waals surface area contributed by atoms with E-state index in [1.54, 1.807) is 12.1 Å². The monoisotopic (exact) mass is 439 g/mol. The minimum atomic E-state index is -0.354. The topological polar surface area (TPSA) is 52.4 Å². The maximum atomic E-state index is 11.5. The number of rotatable bonds is 18. The molecule has 0 aliphatic carbocycles. The largest absolute Gasteiger partial charge is 0.487 e. The summed E-state index contributed by atoms with van der Waals surface area (Å²) >= 11 is 0. The molecule has 0 heterocycles. The highest BCUT2D eigenvalue weighted by molar-refractivity contribution is 5.68. The van der Waals surface area contributed by atoms with Gasteiger partial charge in [0.05, 0.1) is 11.5 Å². The predicted octanol–water partition coefficient (Wildman–Crippen LogP) is 9.12. The van der Waals surface area contributed by atoms with Gasteiger partial charge < -0.3 is 4.74 Å². The Balaban J connectivity index is 1.55. The average molecular weight is 440 g/mol. The molecule has 2 rings (SSSR count). The van der Waals surface area contributed by atoms with Crippen molar-refractivity contribution in [2.45, 2.75) is 96.8 Å². The third-order valence-corrected chi connectivity index (χ3v) is 6.02. The normalized spacial score (nSPS) is 10.9. The first-order chi connectivity index (χ1) is 15.7. The van der Waals surface area contributed by atoms with Gasteiger partial charge >= 0.3 is 5.69 Å². The molecule has 2 aromatic carbocycles. The van der Waals surface area contributed by atoms with E-state index < -0.39 is 0 Å². The van der Waals surface area contributed by atoms with Crippen molar-refractivity contribution >= 4 is 5.69 Å². The molecule has 0 spiro atoms. The lowest BCUT2D eigenvalue weighted by Crippen LogP contribution is -2.01. The van der Waals surface area contributed by atoms with Crippen LogP contribution in [0.1, 0.15) is 96.8 Å². The van der Waals surface area contributed by atoms with Gasteiger partial charge in [-0.2, -0.15) is 0 Å². The van der Waals surface area contributed by atoms with Crippen molar-refractivity contribution < 1.29 is 9.66 Å². The summed E-state index contributed by atoms with van der Waals surface area (Å²) in [6.07, 6.45) is 18.3. The highest BCUT2D eigenvalue weighted by atomic mass is 16.6. The Bertz CT molecular complexity index is 761. The second kappa shape index (κ2) is 16.3. The molecule has 0 saturated carbocycles. The predicted molar refractivity (Wildman–Crippen MR) is 134 cm³/mol. The third-order valence-electron chi connectivity index (χ3n) is 6.02. The number of hydrogen-bond acceptors (Lipinski definition) is 3. The number of nitro groups is 1. The molecule has 0 fully saturated rings. The van der Waals surface area contributed by atoms with Crippen LogP contribution >= 0.6 is 0 Å². The van der Waals surface area contributed by atoms with Gasteiger partial charge in [0.25, 0.3) is 0 Å². The molecule has 0 unspecified atom stereocenters. The molecule has 0 N–H and O–H groups in total. The molecule has 0 atom stereocenters. The van der Waals surface area contributed by atoms with Gasteiger partial charge in [-0.05, 0) is 23.6 Å². The molecular weight excluding hydrogens is 398 g/mol. The second-order valence-corrected chi connectivity index (χ2v) is 8.75. The fraction of sp³-hybridized carbons (Fsp3) is 0.571. The van der Waals surface area contributed by atoms with E-state index in [4.69, 9.17) is 4.74 Å². The SMILES string of the molecule is CCCCCCCCCCCCCCCCOc1ccc(-c2ccccc2)cc1[N+](=O)[O-]. The molecule has 0 saturated heterocycles. The van der Waals surface area contributed by atoms with Crippen molar-refractivity contribution in [3.05, 3.63) is 58.6 Å². The van der Waals surface area contributed by atoms with Gasteiger partial charge in [0.15, 0.2) is 5.75 Å². The van der Waals surface area contributed by atoms with Crippen LogP contribution < -0.4 is 4.74 Å². The summed E-state index contributed by atoms with van der Waals surface area (Å²) < 4.78 is 5.75. The fourth-order valence-electron chi connectivity index (χ4n) is 4.07. The lowest BCUT2D eigenvalue weighted by atomic mass is 10.0. The van der Waals surface area contributed by atoms with Crippen LogP contribution in [0, 0.1) is 10.1 Å². The summed E-state index contributed by atoms with van der Waals surface area (Å²) in [7, 11) is 0. The van der Waals surface area contributed by atoms with E-state index in [2.05, 4.69) is 6.92 Å². The van der Waals surface area contributed by atoms with E-state index in [-0.39, 0.29) is 10.6 Å². The lowest BCUT2D eigenvalue weighted by Gasteiger charge is -2.09. The van der Waals surface area contributed by atoms with Crippen LogP contribution in [0.4, 0.5) is 5.69 Å². The summed E-state index contributed by atoms with van der Waals surface area (Å²) in [6.45, 7) is 2.80. The highest BCUT2D eigenvalue weighted by Crippen LogP contribution is 2.32. The van der Waals surface area contributed by atoms with E-state index in [0.29, 0.717) is 12.4 Å². The number of benzene rings is 2. The Hall–Kier alpha value is -2.36. The smallest absolute Gasteiger partial charge is 0.311 e. The first kappa shape index (κ1) is 25.9. The summed E-state index contributed by atoms with van der Waals surface area (Å²) in [5.74, 6) is 0.365. The van der Waals surface area contributed by atoms with Crippen molar-refractivity contribution in [2.75, 3.05) is 6.61 Å². The van der Waals surface area contributed by atoms with Gasteiger partial charge in [-0.3, -0.25) is 10.1 Å². The molecule has 0 aliphatic heterocycles.